The van der Waals surface area contributed by atoms with E-state index < -0.39 is 0 Å². The molecule has 0 amide bonds. The van der Waals surface area contributed by atoms with E-state index in [0.717, 1.165) is 38.8 Å². The third-order valence-corrected chi connectivity index (χ3v) is 11.4. The number of rotatable bonds is 2. The van der Waals surface area contributed by atoms with Crippen molar-refractivity contribution in [2.75, 3.05) is 13.1 Å². The first-order chi connectivity index (χ1) is 17.5. The third kappa shape index (κ3) is 2.90. The molecular weight excluding hydrogens is 444 g/mol. The number of ether oxygens (including phenoxy) is 1. The highest BCUT2D eigenvalue weighted by molar-refractivity contribution is 5.82. The highest BCUT2D eigenvalue weighted by atomic mass is 16.5. The smallest absolute Gasteiger partial charge is 0.0974 e. The van der Waals surface area contributed by atoms with Crippen LogP contribution in [0.15, 0.2) is 60.0 Å². The molecule has 6 aliphatic rings. The zero-order valence-corrected chi connectivity index (χ0v) is 21.5. The van der Waals surface area contributed by atoms with Crippen molar-refractivity contribution in [1.29, 1.82) is 0 Å². The highest BCUT2D eigenvalue weighted by Crippen LogP contribution is 2.69. The lowest BCUT2D eigenvalue weighted by atomic mass is 9.58. The third-order valence-electron chi connectivity index (χ3n) is 11.4. The monoisotopic (exact) mass is 482 g/mol. The molecule has 7 atom stereocenters. The fourth-order valence-corrected chi connectivity index (χ4v) is 9.66. The Morgan fingerprint density at radius 1 is 1.08 bits per heavy atom. The van der Waals surface area contributed by atoms with E-state index in [1.807, 2.05) is 12.4 Å². The lowest BCUT2D eigenvalue weighted by Gasteiger charge is -2.55. The van der Waals surface area contributed by atoms with E-state index in [4.69, 9.17) is 4.74 Å². The molecule has 1 aromatic carbocycles. The lowest BCUT2D eigenvalue weighted by molar-refractivity contribution is -0.140. The van der Waals surface area contributed by atoms with Crippen molar-refractivity contribution in [3.05, 3.63) is 65.5 Å². The van der Waals surface area contributed by atoms with Crippen LogP contribution in [0.1, 0.15) is 76.2 Å². The fourth-order valence-electron chi connectivity index (χ4n) is 9.66. The number of fused-ring (bicyclic) bond motifs is 2. The van der Waals surface area contributed by atoms with Gasteiger partial charge in [0.05, 0.1) is 17.3 Å². The van der Waals surface area contributed by atoms with Gasteiger partial charge in [0.15, 0.2) is 0 Å². The second-order valence-corrected chi connectivity index (χ2v) is 13.0. The van der Waals surface area contributed by atoms with Crippen LogP contribution in [-0.2, 0) is 4.74 Å². The molecule has 8 rings (SSSR count). The van der Waals surface area contributed by atoms with Crippen molar-refractivity contribution < 1.29 is 9.84 Å². The summed E-state index contributed by atoms with van der Waals surface area (Å²) in [7, 11) is 0. The molecule has 2 bridgehead atoms. The molecule has 4 heterocycles. The zero-order chi connectivity index (χ0) is 24.1. The number of benzene rings is 1. The van der Waals surface area contributed by atoms with E-state index in [0.29, 0.717) is 17.9 Å². The van der Waals surface area contributed by atoms with Crippen molar-refractivity contribution >= 4 is 10.8 Å². The average molecular weight is 483 g/mol. The van der Waals surface area contributed by atoms with Gasteiger partial charge in [0, 0.05) is 36.9 Å². The van der Waals surface area contributed by atoms with Gasteiger partial charge in [-0.2, -0.15) is 0 Å². The maximum Gasteiger partial charge on any atom is 0.0974 e. The van der Waals surface area contributed by atoms with Crippen LogP contribution in [0.25, 0.3) is 10.8 Å². The Labute approximate surface area is 214 Å². The number of likely N-dealkylation sites (tertiary alicyclic amines) is 1. The van der Waals surface area contributed by atoms with Crippen molar-refractivity contribution in [3.63, 3.8) is 0 Å². The van der Waals surface area contributed by atoms with Crippen molar-refractivity contribution in [1.82, 2.24) is 9.88 Å². The largest absolute Gasteiger partial charge is 0.392 e. The number of pyridine rings is 1. The van der Waals surface area contributed by atoms with Gasteiger partial charge >= 0.3 is 0 Å². The topological polar surface area (TPSA) is 45.6 Å². The van der Waals surface area contributed by atoms with Gasteiger partial charge in [-0.05, 0) is 109 Å². The number of allylic oxidation sites excluding steroid dienone is 1. The summed E-state index contributed by atoms with van der Waals surface area (Å²) in [4.78, 5) is 6.94. The van der Waals surface area contributed by atoms with E-state index in [-0.39, 0.29) is 22.7 Å². The first-order valence-corrected chi connectivity index (χ1v) is 14.4. The molecule has 188 valence electrons. The molecule has 2 saturated heterocycles. The van der Waals surface area contributed by atoms with Crippen LogP contribution < -0.4 is 0 Å². The van der Waals surface area contributed by atoms with Crippen LogP contribution in [0.4, 0.5) is 0 Å². The molecule has 4 nitrogen and oxygen atoms in total. The average Bonchev–Trinajstić information content (AvgIpc) is 3.57. The fraction of sp³-hybridized carbons (Fsp3) is 0.594. The second kappa shape index (κ2) is 7.52. The number of nitrogens with zero attached hydrogens (tertiary/aromatic N) is 2. The van der Waals surface area contributed by atoms with Crippen LogP contribution in [0, 0.1) is 11.3 Å². The summed E-state index contributed by atoms with van der Waals surface area (Å²) in [5, 5.41) is 12.7. The molecular formula is C32H38N2O2. The number of aliphatic hydroxyl groups excluding tert-OH is 1. The molecule has 0 radical (unpaired) electrons. The molecule has 2 saturated carbocycles. The first-order valence-electron chi connectivity index (χ1n) is 14.4. The molecule has 4 fully saturated rings. The number of hydrogen-bond acceptors (Lipinski definition) is 4. The summed E-state index contributed by atoms with van der Waals surface area (Å²) in [5.41, 5.74) is 4.61. The first kappa shape index (κ1) is 22.0. The van der Waals surface area contributed by atoms with E-state index >= 15 is 0 Å². The van der Waals surface area contributed by atoms with Crippen LogP contribution in [0.2, 0.25) is 0 Å². The van der Waals surface area contributed by atoms with Gasteiger partial charge in [-0.15, -0.1) is 0 Å². The molecule has 2 aromatic rings. The van der Waals surface area contributed by atoms with Gasteiger partial charge in [0.1, 0.15) is 0 Å². The summed E-state index contributed by atoms with van der Waals surface area (Å²) in [6.45, 7) is 4.45. The molecule has 3 aliphatic carbocycles. The SMILES string of the molecule is CC12CC=C3C=C4CCC(N5CCC(O)C5)CC45CC[C@]3(O5)C1CCC2c1ccc2ccncc2c1. The van der Waals surface area contributed by atoms with Crippen molar-refractivity contribution in [3.8, 4) is 0 Å². The molecule has 4 heteroatoms. The normalized spacial score (nSPS) is 43.6. The minimum Gasteiger partial charge on any atom is -0.392 e. The van der Waals surface area contributed by atoms with Crippen LogP contribution in [0.5, 0.6) is 0 Å². The predicted octanol–water partition coefficient (Wildman–Crippen LogP) is 5.91. The summed E-state index contributed by atoms with van der Waals surface area (Å²) in [5.74, 6) is 1.14. The van der Waals surface area contributed by atoms with Crippen LogP contribution in [-0.4, -0.2) is 51.4 Å². The number of aromatic nitrogens is 1. The Balaban J connectivity index is 1.14. The van der Waals surface area contributed by atoms with E-state index in [1.54, 1.807) is 5.57 Å². The minimum absolute atomic E-state index is 0.0707. The van der Waals surface area contributed by atoms with Gasteiger partial charge < -0.3 is 9.84 Å². The lowest BCUT2D eigenvalue weighted by Crippen LogP contribution is -2.55. The molecule has 1 N–H and O–H groups in total. The zero-order valence-electron chi connectivity index (χ0n) is 21.5. The van der Waals surface area contributed by atoms with Crippen molar-refractivity contribution in [2.45, 2.75) is 94.0 Å². The maximum absolute atomic E-state index is 10.2. The van der Waals surface area contributed by atoms with Crippen LogP contribution >= 0.6 is 0 Å². The van der Waals surface area contributed by atoms with Crippen LogP contribution in [0.3, 0.4) is 0 Å². The maximum atomic E-state index is 10.2. The number of aliphatic hydroxyl groups is 1. The summed E-state index contributed by atoms with van der Waals surface area (Å²) in [6.07, 6.45) is 19.3. The molecule has 6 unspecified atom stereocenters. The van der Waals surface area contributed by atoms with E-state index in [2.05, 4.69) is 53.2 Å². The standard InChI is InChI=1S/C32H38N2O2/c1-30-11-8-25-17-24-4-5-26(34-15-10-27(35)20-34)18-31(24)12-13-32(25,36-31)29(30)7-6-28(30)22-3-2-21-9-14-33-19-23(21)16-22/h2-3,8-9,14,16-17,19,26-29,35H,4-7,10-13,15,18,20H2,1H3/t26?,27?,28?,29?,30?,31?,32-/m1/s1. The van der Waals surface area contributed by atoms with E-state index in [9.17, 15) is 5.11 Å². The Bertz CT molecular complexity index is 1300. The Morgan fingerprint density at radius 3 is 2.92 bits per heavy atom. The second-order valence-electron chi connectivity index (χ2n) is 13.0. The highest BCUT2D eigenvalue weighted by Gasteiger charge is 2.66. The predicted molar refractivity (Wildman–Crippen MR) is 142 cm³/mol. The quantitative estimate of drug-likeness (QED) is 0.578. The molecule has 1 aromatic heterocycles. The molecule has 36 heavy (non-hydrogen) atoms. The minimum atomic E-state index is -0.142. The molecule has 2 spiro atoms. The molecule has 3 aliphatic heterocycles. The number of β-amino-alcohol motifs (C(OH)–C–C–N with tert-alkyl or cyclic N) is 1. The van der Waals surface area contributed by atoms with Gasteiger partial charge in [-0.25, -0.2) is 0 Å². The van der Waals surface area contributed by atoms with Crippen molar-refractivity contribution in [2.24, 2.45) is 11.3 Å². The summed E-state index contributed by atoms with van der Waals surface area (Å²) in [6, 6.07) is 9.75. The van der Waals surface area contributed by atoms with Gasteiger partial charge in [-0.3, -0.25) is 9.88 Å². The van der Waals surface area contributed by atoms with Gasteiger partial charge in [-0.1, -0.05) is 31.2 Å². The Kier molecular flexibility index (Phi) is 4.60. The number of hydrogen-bond donors (Lipinski definition) is 1. The van der Waals surface area contributed by atoms with Gasteiger partial charge in [0.25, 0.3) is 0 Å². The van der Waals surface area contributed by atoms with E-state index in [1.165, 1.54) is 54.0 Å². The summed E-state index contributed by atoms with van der Waals surface area (Å²) >= 11 is 0. The Morgan fingerprint density at radius 2 is 2.03 bits per heavy atom. The summed E-state index contributed by atoms with van der Waals surface area (Å²) < 4.78 is 7.49. The Hall–Kier alpha value is -2.01. The van der Waals surface area contributed by atoms with Gasteiger partial charge in [0.2, 0.25) is 0 Å².